The van der Waals surface area contributed by atoms with E-state index < -0.39 is 5.60 Å². The number of nitrogens with two attached hydrogens (primary N) is 1. The van der Waals surface area contributed by atoms with Crippen molar-refractivity contribution in [2.45, 2.75) is 38.2 Å². The molecule has 120 valence electrons. The standard InChI is InChI=1S/C17H21N5O/c1-3-9-22-11-19-14-15(18)20-13(21-16(14)22)6-8-17(23)7-4-5-12(2)10-17/h1,12,19,23H,4-5,7,9-11H2,2H3,(H2,18,20,21)/t12-,17-/m1/s1. The van der Waals surface area contributed by atoms with Crippen LogP contribution in [-0.2, 0) is 0 Å². The third-order valence-corrected chi connectivity index (χ3v) is 4.33. The summed E-state index contributed by atoms with van der Waals surface area (Å²) in [6.07, 6.45) is 8.87. The molecule has 0 spiro atoms. The fourth-order valence-electron chi connectivity index (χ4n) is 3.22. The lowest BCUT2D eigenvalue weighted by molar-refractivity contribution is 0.0410. The minimum atomic E-state index is -0.953. The minimum Gasteiger partial charge on any atom is -0.382 e. The molecule has 0 aromatic carbocycles. The largest absolute Gasteiger partial charge is 0.382 e. The molecule has 1 aliphatic heterocycles. The van der Waals surface area contributed by atoms with Gasteiger partial charge in [-0.15, -0.1) is 6.42 Å². The van der Waals surface area contributed by atoms with E-state index in [0.29, 0.717) is 55.1 Å². The Morgan fingerprint density at radius 1 is 1.52 bits per heavy atom. The number of nitrogen functional groups attached to an aromatic ring is 1. The summed E-state index contributed by atoms with van der Waals surface area (Å²) in [6.45, 7) is 3.13. The maximum atomic E-state index is 10.6. The smallest absolute Gasteiger partial charge is 0.209 e. The maximum absolute atomic E-state index is 10.6. The van der Waals surface area contributed by atoms with Crippen LogP contribution in [0.15, 0.2) is 0 Å². The van der Waals surface area contributed by atoms with Crippen LogP contribution in [0, 0.1) is 30.1 Å². The van der Waals surface area contributed by atoms with Crippen molar-refractivity contribution >= 4 is 17.3 Å². The van der Waals surface area contributed by atoms with Gasteiger partial charge in [0.15, 0.2) is 11.6 Å². The Bertz CT molecular complexity index is 714. The Morgan fingerprint density at radius 2 is 2.35 bits per heavy atom. The fourth-order valence-corrected chi connectivity index (χ4v) is 3.22. The number of fused-ring (bicyclic) bond motifs is 1. The number of hydrogen-bond donors (Lipinski definition) is 3. The lowest BCUT2D eigenvalue weighted by Crippen LogP contribution is -2.32. The van der Waals surface area contributed by atoms with Gasteiger partial charge in [-0.2, -0.15) is 0 Å². The first kappa shape index (κ1) is 15.5. The molecule has 1 aromatic heterocycles. The molecular formula is C17H21N5O. The van der Waals surface area contributed by atoms with Gasteiger partial charge in [0.1, 0.15) is 11.3 Å². The molecule has 0 radical (unpaired) electrons. The first-order chi connectivity index (χ1) is 11.0. The second-order valence-electron chi connectivity index (χ2n) is 6.35. The monoisotopic (exact) mass is 311 g/mol. The highest BCUT2D eigenvalue weighted by Crippen LogP contribution is 2.33. The molecule has 1 aliphatic carbocycles. The lowest BCUT2D eigenvalue weighted by atomic mass is 9.79. The number of anilines is 3. The molecule has 6 nitrogen and oxygen atoms in total. The van der Waals surface area contributed by atoms with Gasteiger partial charge in [0.2, 0.25) is 5.82 Å². The summed E-state index contributed by atoms with van der Waals surface area (Å²) in [7, 11) is 0. The van der Waals surface area contributed by atoms with Crippen molar-refractivity contribution in [1.29, 1.82) is 0 Å². The van der Waals surface area contributed by atoms with Crippen LogP contribution in [0.3, 0.4) is 0 Å². The van der Waals surface area contributed by atoms with Gasteiger partial charge in [-0.3, -0.25) is 0 Å². The zero-order valence-corrected chi connectivity index (χ0v) is 13.3. The number of aromatic nitrogens is 2. The molecule has 0 saturated heterocycles. The summed E-state index contributed by atoms with van der Waals surface area (Å²) in [5.74, 6) is 10.3. The Labute approximate surface area is 136 Å². The van der Waals surface area contributed by atoms with E-state index in [0.717, 1.165) is 12.8 Å². The first-order valence-electron chi connectivity index (χ1n) is 7.86. The Kier molecular flexibility index (Phi) is 4.02. The number of hydrogen-bond acceptors (Lipinski definition) is 6. The van der Waals surface area contributed by atoms with Crippen LogP contribution in [0.1, 0.15) is 38.4 Å². The van der Waals surface area contributed by atoms with E-state index >= 15 is 0 Å². The van der Waals surface area contributed by atoms with Gasteiger partial charge in [0.05, 0.1) is 13.2 Å². The molecule has 0 amide bonds. The highest BCUT2D eigenvalue weighted by Gasteiger charge is 2.31. The van der Waals surface area contributed by atoms with Crippen LogP contribution in [0.25, 0.3) is 0 Å². The van der Waals surface area contributed by atoms with E-state index in [-0.39, 0.29) is 0 Å². The zero-order chi connectivity index (χ0) is 16.4. The second kappa shape index (κ2) is 5.98. The Balaban J connectivity index is 1.88. The molecule has 2 heterocycles. The van der Waals surface area contributed by atoms with Crippen LogP contribution in [0.2, 0.25) is 0 Å². The highest BCUT2D eigenvalue weighted by molar-refractivity contribution is 5.80. The predicted octanol–water partition coefficient (Wildman–Crippen LogP) is 1.17. The van der Waals surface area contributed by atoms with E-state index in [2.05, 4.69) is 40.0 Å². The van der Waals surface area contributed by atoms with Gasteiger partial charge in [0.25, 0.3) is 0 Å². The van der Waals surface area contributed by atoms with E-state index in [4.69, 9.17) is 12.2 Å². The van der Waals surface area contributed by atoms with Gasteiger partial charge in [-0.25, -0.2) is 9.97 Å². The van der Waals surface area contributed by atoms with Crippen molar-refractivity contribution in [3.05, 3.63) is 5.82 Å². The molecule has 1 saturated carbocycles. The van der Waals surface area contributed by atoms with E-state index in [9.17, 15) is 5.11 Å². The molecule has 2 aliphatic rings. The van der Waals surface area contributed by atoms with Crippen LogP contribution in [0.5, 0.6) is 0 Å². The van der Waals surface area contributed by atoms with Crippen LogP contribution >= 0.6 is 0 Å². The Hall–Kier alpha value is -2.44. The highest BCUT2D eigenvalue weighted by atomic mass is 16.3. The molecule has 3 rings (SSSR count). The number of nitrogens with one attached hydrogen (secondary N) is 1. The van der Waals surface area contributed by atoms with Gasteiger partial charge in [0, 0.05) is 0 Å². The summed E-state index contributed by atoms with van der Waals surface area (Å²) in [6, 6.07) is 0. The maximum Gasteiger partial charge on any atom is 0.209 e. The molecule has 1 aromatic rings. The molecule has 1 fully saturated rings. The van der Waals surface area contributed by atoms with Gasteiger partial charge in [-0.05, 0) is 31.1 Å². The zero-order valence-electron chi connectivity index (χ0n) is 13.3. The fraction of sp³-hybridized carbons (Fsp3) is 0.529. The van der Waals surface area contributed by atoms with E-state index in [1.54, 1.807) is 0 Å². The second-order valence-corrected chi connectivity index (χ2v) is 6.35. The molecule has 2 atom stereocenters. The average Bonchev–Trinajstić information content (AvgIpc) is 2.89. The molecule has 23 heavy (non-hydrogen) atoms. The van der Waals surface area contributed by atoms with Crippen molar-refractivity contribution in [2.24, 2.45) is 5.92 Å². The summed E-state index contributed by atoms with van der Waals surface area (Å²) < 4.78 is 0. The van der Waals surface area contributed by atoms with Gasteiger partial charge in [-0.1, -0.05) is 25.2 Å². The van der Waals surface area contributed by atoms with Crippen LogP contribution in [-0.4, -0.2) is 33.9 Å². The number of nitrogens with zero attached hydrogens (tertiary/aromatic N) is 3. The third-order valence-electron chi connectivity index (χ3n) is 4.33. The molecule has 6 heteroatoms. The predicted molar refractivity (Wildman–Crippen MR) is 90.6 cm³/mol. The van der Waals surface area contributed by atoms with Crippen molar-refractivity contribution in [3.8, 4) is 24.2 Å². The topological polar surface area (TPSA) is 87.3 Å². The normalized spacial score (nSPS) is 25.8. The van der Waals surface area contributed by atoms with E-state index in [1.807, 2.05) is 4.90 Å². The Morgan fingerprint density at radius 3 is 3.09 bits per heavy atom. The van der Waals surface area contributed by atoms with Crippen molar-refractivity contribution in [2.75, 3.05) is 29.2 Å². The molecular weight excluding hydrogens is 290 g/mol. The number of rotatable bonds is 1. The third kappa shape index (κ3) is 3.18. The van der Waals surface area contributed by atoms with Crippen molar-refractivity contribution < 1.29 is 5.11 Å². The van der Waals surface area contributed by atoms with Gasteiger partial charge >= 0.3 is 0 Å². The van der Waals surface area contributed by atoms with E-state index in [1.165, 1.54) is 0 Å². The van der Waals surface area contributed by atoms with Crippen molar-refractivity contribution in [3.63, 3.8) is 0 Å². The van der Waals surface area contributed by atoms with Gasteiger partial charge < -0.3 is 21.1 Å². The molecule has 0 unspecified atom stereocenters. The summed E-state index contributed by atoms with van der Waals surface area (Å²) in [5.41, 5.74) is 5.71. The molecule has 0 bridgehead atoms. The van der Waals surface area contributed by atoms with Crippen LogP contribution < -0.4 is 16.0 Å². The average molecular weight is 311 g/mol. The van der Waals surface area contributed by atoms with Crippen molar-refractivity contribution in [1.82, 2.24) is 9.97 Å². The first-order valence-corrected chi connectivity index (χ1v) is 7.86. The van der Waals surface area contributed by atoms with Crippen LogP contribution in [0.4, 0.5) is 17.3 Å². The minimum absolute atomic E-state index is 0.318. The summed E-state index contributed by atoms with van der Waals surface area (Å²) >= 11 is 0. The summed E-state index contributed by atoms with van der Waals surface area (Å²) in [5, 5.41) is 13.7. The molecule has 4 N–H and O–H groups in total. The number of terminal acetylenes is 1. The quantitative estimate of drug-likeness (QED) is 0.675. The lowest BCUT2D eigenvalue weighted by Gasteiger charge is -2.30. The SMILES string of the molecule is C#CCN1CNc2c(N)nc(C#C[C@]3(O)CCC[C@@H](C)C3)nc21. The number of aliphatic hydroxyl groups is 1. The summed E-state index contributed by atoms with van der Waals surface area (Å²) in [4.78, 5) is 10.6.